The van der Waals surface area contributed by atoms with Gasteiger partial charge in [0.05, 0.1) is 28.4 Å². The van der Waals surface area contributed by atoms with Crippen molar-refractivity contribution < 1.29 is 38.7 Å². The lowest BCUT2D eigenvalue weighted by atomic mass is 10.2. The van der Waals surface area contributed by atoms with Crippen LogP contribution in [0.5, 0.6) is 34.5 Å². The van der Waals surface area contributed by atoms with E-state index in [4.69, 9.17) is 18.9 Å². The van der Waals surface area contributed by atoms with Crippen LogP contribution in [0.2, 0.25) is 0 Å². The molecule has 0 radical (unpaired) electrons. The van der Waals surface area contributed by atoms with Crippen LogP contribution in [0.4, 0.5) is 0 Å². The normalized spacial score (nSPS) is 9.38. The number of rotatable bonds is 6. The fourth-order valence-electron chi connectivity index (χ4n) is 1.96. The van der Waals surface area contributed by atoms with Crippen LogP contribution in [0, 0.1) is 0 Å². The van der Waals surface area contributed by atoms with E-state index in [-0.39, 0.29) is 34.5 Å². The molecular weight excluding hydrogens is 344 g/mol. The molecule has 0 aliphatic carbocycles. The Morgan fingerprint density at radius 1 is 0.615 bits per heavy atom. The van der Waals surface area contributed by atoms with E-state index in [1.807, 2.05) is 0 Å². The van der Waals surface area contributed by atoms with E-state index in [9.17, 15) is 19.8 Å². The predicted molar refractivity (Wildman–Crippen MR) is 93.2 cm³/mol. The van der Waals surface area contributed by atoms with Gasteiger partial charge in [0.1, 0.15) is 12.6 Å². The Morgan fingerprint density at radius 2 is 0.846 bits per heavy atom. The standard InChI is InChI=1S/2C9H10O4/c2*1-12-7-3-6(5-10)4-8(13-2)9(7)11/h2*3-5,11H,1-2H3. The summed E-state index contributed by atoms with van der Waals surface area (Å²) >= 11 is 0. The van der Waals surface area contributed by atoms with Gasteiger partial charge in [-0.2, -0.15) is 0 Å². The van der Waals surface area contributed by atoms with Crippen molar-refractivity contribution in [2.45, 2.75) is 0 Å². The number of phenolic OH excluding ortho intramolecular Hbond substituents is 2. The molecule has 2 N–H and O–H groups in total. The Balaban J connectivity index is 0.000000260. The van der Waals surface area contributed by atoms with Crippen molar-refractivity contribution in [3.8, 4) is 34.5 Å². The number of aromatic hydroxyl groups is 2. The van der Waals surface area contributed by atoms with Gasteiger partial charge in [0, 0.05) is 11.1 Å². The van der Waals surface area contributed by atoms with Crippen molar-refractivity contribution in [2.24, 2.45) is 0 Å². The summed E-state index contributed by atoms with van der Waals surface area (Å²) in [6.45, 7) is 0. The zero-order valence-corrected chi connectivity index (χ0v) is 14.8. The molecule has 2 aromatic rings. The number of benzene rings is 2. The highest BCUT2D eigenvalue weighted by molar-refractivity contribution is 5.78. The minimum absolute atomic E-state index is 0.101. The Bertz CT molecular complexity index is 654. The van der Waals surface area contributed by atoms with Crippen LogP contribution < -0.4 is 18.9 Å². The smallest absolute Gasteiger partial charge is 0.200 e. The van der Waals surface area contributed by atoms with E-state index in [0.717, 1.165) is 0 Å². The van der Waals surface area contributed by atoms with Gasteiger partial charge in [0.25, 0.3) is 0 Å². The first-order valence-electron chi connectivity index (χ1n) is 7.25. The maximum Gasteiger partial charge on any atom is 0.200 e. The van der Waals surface area contributed by atoms with Gasteiger partial charge < -0.3 is 29.2 Å². The zero-order valence-electron chi connectivity index (χ0n) is 14.8. The SMILES string of the molecule is COc1cc(C=O)cc(OC)c1O.COc1cc(C=O)cc(OC)c1O. The summed E-state index contributed by atoms with van der Waals surface area (Å²) in [4.78, 5) is 20.9. The molecule has 0 aliphatic heterocycles. The molecule has 0 saturated heterocycles. The molecule has 140 valence electrons. The number of methoxy groups -OCH3 is 4. The van der Waals surface area contributed by atoms with Crippen molar-refractivity contribution in [3.05, 3.63) is 35.4 Å². The Hall–Kier alpha value is -3.42. The van der Waals surface area contributed by atoms with Crippen LogP contribution in [-0.2, 0) is 0 Å². The minimum Gasteiger partial charge on any atom is -0.502 e. The monoisotopic (exact) mass is 364 g/mol. The highest BCUT2D eigenvalue weighted by Gasteiger charge is 2.11. The van der Waals surface area contributed by atoms with Gasteiger partial charge in [-0.3, -0.25) is 9.59 Å². The molecule has 0 unspecified atom stereocenters. The van der Waals surface area contributed by atoms with Crippen LogP contribution in [0.15, 0.2) is 24.3 Å². The molecule has 26 heavy (non-hydrogen) atoms. The maximum absolute atomic E-state index is 10.5. The lowest BCUT2D eigenvalue weighted by Gasteiger charge is -2.08. The van der Waals surface area contributed by atoms with E-state index in [2.05, 4.69) is 0 Å². The number of hydrogen-bond acceptors (Lipinski definition) is 8. The van der Waals surface area contributed by atoms with Gasteiger partial charge >= 0.3 is 0 Å². The molecule has 2 aromatic carbocycles. The summed E-state index contributed by atoms with van der Waals surface area (Å²) in [5.74, 6) is 0.692. The zero-order chi connectivity index (χ0) is 19.7. The lowest BCUT2D eigenvalue weighted by Crippen LogP contribution is -1.91. The van der Waals surface area contributed by atoms with E-state index >= 15 is 0 Å². The van der Waals surface area contributed by atoms with E-state index < -0.39 is 0 Å². The fraction of sp³-hybridized carbons (Fsp3) is 0.222. The van der Waals surface area contributed by atoms with Crippen molar-refractivity contribution in [2.75, 3.05) is 28.4 Å². The molecule has 0 spiro atoms. The molecule has 0 aromatic heterocycles. The average molecular weight is 364 g/mol. The highest BCUT2D eigenvalue weighted by Crippen LogP contribution is 2.37. The number of phenols is 2. The lowest BCUT2D eigenvalue weighted by molar-refractivity contribution is 0.111. The van der Waals surface area contributed by atoms with Crippen LogP contribution in [0.3, 0.4) is 0 Å². The second kappa shape index (κ2) is 9.77. The second-order valence-corrected chi connectivity index (χ2v) is 4.78. The average Bonchev–Trinajstić information content (AvgIpc) is 2.68. The number of aldehydes is 2. The van der Waals surface area contributed by atoms with Crippen molar-refractivity contribution >= 4 is 12.6 Å². The molecule has 0 saturated carbocycles. The van der Waals surface area contributed by atoms with Gasteiger partial charge in [-0.15, -0.1) is 0 Å². The van der Waals surface area contributed by atoms with Crippen LogP contribution in [0.25, 0.3) is 0 Å². The quantitative estimate of drug-likeness (QED) is 0.752. The van der Waals surface area contributed by atoms with Crippen LogP contribution in [0.1, 0.15) is 20.7 Å². The first-order valence-corrected chi connectivity index (χ1v) is 7.25. The van der Waals surface area contributed by atoms with Crippen molar-refractivity contribution in [1.82, 2.24) is 0 Å². The van der Waals surface area contributed by atoms with Gasteiger partial charge in [0.2, 0.25) is 11.5 Å². The van der Waals surface area contributed by atoms with Crippen LogP contribution in [-0.4, -0.2) is 51.2 Å². The molecule has 0 amide bonds. The summed E-state index contributed by atoms with van der Waals surface area (Å²) < 4.78 is 19.4. The molecule has 8 heteroatoms. The third-order valence-electron chi connectivity index (χ3n) is 3.28. The summed E-state index contributed by atoms with van der Waals surface area (Å²) in [6, 6.07) is 5.74. The molecule has 0 bridgehead atoms. The molecule has 8 nitrogen and oxygen atoms in total. The minimum atomic E-state index is -0.101. The van der Waals surface area contributed by atoms with Crippen LogP contribution >= 0.6 is 0 Å². The summed E-state index contributed by atoms with van der Waals surface area (Å²) in [7, 11) is 5.62. The predicted octanol–water partition coefficient (Wildman–Crippen LogP) is 2.44. The Morgan fingerprint density at radius 3 is 1.00 bits per heavy atom. The molecule has 0 aliphatic rings. The largest absolute Gasteiger partial charge is 0.502 e. The Labute approximate surface area is 150 Å². The first-order chi connectivity index (χ1) is 12.4. The molecule has 0 fully saturated rings. The van der Waals surface area contributed by atoms with Gasteiger partial charge in [-0.05, 0) is 24.3 Å². The van der Waals surface area contributed by atoms with Crippen molar-refractivity contribution in [1.29, 1.82) is 0 Å². The number of hydrogen-bond donors (Lipinski definition) is 2. The van der Waals surface area contributed by atoms with Gasteiger partial charge in [-0.1, -0.05) is 0 Å². The molecule has 2 rings (SSSR count). The topological polar surface area (TPSA) is 112 Å². The third-order valence-corrected chi connectivity index (χ3v) is 3.28. The third kappa shape index (κ3) is 4.79. The molecule has 0 atom stereocenters. The fourth-order valence-corrected chi connectivity index (χ4v) is 1.96. The summed E-state index contributed by atoms with van der Waals surface area (Å²) in [5.41, 5.74) is 0.790. The summed E-state index contributed by atoms with van der Waals surface area (Å²) in [6.07, 6.45) is 1.31. The van der Waals surface area contributed by atoms with E-state index in [0.29, 0.717) is 23.7 Å². The number of carbonyl (C=O) groups is 2. The number of carbonyl (C=O) groups excluding carboxylic acids is 2. The van der Waals surface area contributed by atoms with E-state index in [1.54, 1.807) is 0 Å². The maximum atomic E-state index is 10.5. The Kier molecular flexibility index (Phi) is 7.75. The first kappa shape index (κ1) is 20.6. The van der Waals surface area contributed by atoms with E-state index in [1.165, 1.54) is 52.7 Å². The van der Waals surface area contributed by atoms with Gasteiger partial charge in [0.15, 0.2) is 23.0 Å². The highest BCUT2D eigenvalue weighted by atomic mass is 16.5. The molecule has 0 heterocycles. The van der Waals surface area contributed by atoms with Crippen molar-refractivity contribution in [3.63, 3.8) is 0 Å². The molecular formula is C18H20O8. The second-order valence-electron chi connectivity index (χ2n) is 4.78. The number of ether oxygens (including phenoxy) is 4. The summed E-state index contributed by atoms with van der Waals surface area (Å²) in [5, 5.41) is 18.9. The van der Waals surface area contributed by atoms with Gasteiger partial charge in [-0.25, -0.2) is 0 Å².